The van der Waals surface area contributed by atoms with Crippen molar-refractivity contribution in [3.8, 4) is 0 Å². The molecule has 2 fully saturated rings. The molecule has 1 atom stereocenters. The number of piperazine rings is 1. The van der Waals surface area contributed by atoms with Gasteiger partial charge in [-0.05, 0) is 31.4 Å². The summed E-state index contributed by atoms with van der Waals surface area (Å²) in [5.41, 5.74) is 1.36. The number of carboxylic acids is 1. The number of nitrogens with one attached hydrogen (secondary N) is 1. The number of rotatable bonds is 7. The predicted molar refractivity (Wildman–Crippen MR) is 108 cm³/mol. The van der Waals surface area contributed by atoms with E-state index < -0.39 is 11.9 Å². The van der Waals surface area contributed by atoms with Gasteiger partial charge < -0.3 is 20.2 Å². The fraction of sp³-hybridized carbons (Fsp3) is 0.619. The SMILES string of the molecule is O=C(O)C1CCCN(C(=O)NCCCN2CCN(Cc3ccccc3)CC2)C1. The van der Waals surface area contributed by atoms with Gasteiger partial charge in [-0.15, -0.1) is 0 Å². The lowest BCUT2D eigenvalue weighted by Crippen LogP contribution is -2.48. The van der Waals surface area contributed by atoms with Gasteiger partial charge in [-0.2, -0.15) is 0 Å². The third-order valence-electron chi connectivity index (χ3n) is 5.70. The Morgan fingerprint density at radius 1 is 1.04 bits per heavy atom. The van der Waals surface area contributed by atoms with Crippen molar-refractivity contribution in [2.75, 3.05) is 52.4 Å². The Balaban J connectivity index is 1.28. The monoisotopic (exact) mass is 388 g/mol. The highest BCUT2D eigenvalue weighted by molar-refractivity contribution is 5.76. The highest BCUT2D eigenvalue weighted by Gasteiger charge is 2.27. The first-order valence-corrected chi connectivity index (χ1v) is 10.4. The first kappa shape index (κ1) is 20.6. The van der Waals surface area contributed by atoms with E-state index in [9.17, 15) is 9.59 Å². The first-order chi connectivity index (χ1) is 13.6. The Morgan fingerprint density at radius 3 is 2.46 bits per heavy atom. The van der Waals surface area contributed by atoms with Gasteiger partial charge in [0, 0.05) is 52.4 Å². The molecule has 28 heavy (non-hydrogen) atoms. The summed E-state index contributed by atoms with van der Waals surface area (Å²) < 4.78 is 0. The van der Waals surface area contributed by atoms with Crippen molar-refractivity contribution in [3.05, 3.63) is 35.9 Å². The largest absolute Gasteiger partial charge is 0.481 e. The van der Waals surface area contributed by atoms with Gasteiger partial charge in [0.05, 0.1) is 5.92 Å². The maximum atomic E-state index is 12.2. The van der Waals surface area contributed by atoms with Crippen molar-refractivity contribution in [2.45, 2.75) is 25.8 Å². The van der Waals surface area contributed by atoms with Crippen LogP contribution >= 0.6 is 0 Å². The van der Waals surface area contributed by atoms with Crippen molar-refractivity contribution in [3.63, 3.8) is 0 Å². The highest BCUT2D eigenvalue weighted by atomic mass is 16.4. The van der Waals surface area contributed by atoms with Crippen LogP contribution < -0.4 is 5.32 Å². The molecule has 0 radical (unpaired) electrons. The van der Waals surface area contributed by atoms with Gasteiger partial charge >= 0.3 is 12.0 Å². The molecule has 2 aliphatic heterocycles. The zero-order chi connectivity index (χ0) is 19.8. The van der Waals surface area contributed by atoms with E-state index in [4.69, 9.17) is 5.11 Å². The molecule has 7 nitrogen and oxygen atoms in total. The minimum atomic E-state index is -0.802. The summed E-state index contributed by atoms with van der Waals surface area (Å²) in [4.78, 5) is 29.9. The molecule has 1 aromatic carbocycles. The summed E-state index contributed by atoms with van der Waals surface area (Å²) in [7, 11) is 0. The summed E-state index contributed by atoms with van der Waals surface area (Å²) in [6, 6.07) is 10.5. The maximum Gasteiger partial charge on any atom is 0.317 e. The third-order valence-corrected chi connectivity index (χ3v) is 5.70. The Hall–Kier alpha value is -2.12. The minimum Gasteiger partial charge on any atom is -0.481 e. The number of hydrogen-bond donors (Lipinski definition) is 2. The summed E-state index contributed by atoms with van der Waals surface area (Å²) in [5, 5.41) is 12.1. The molecular formula is C21H32N4O3. The molecule has 3 rings (SSSR count). The number of nitrogens with zero attached hydrogens (tertiary/aromatic N) is 3. The zero-order valence-electron chi connectivity index (χ0n) is 16.6. The van der Waals surface area contributed by atoms with Crippen LogP contribution in [0.3, 0.4) is 0 Å². The summed E-state index contributed by atoms with van der Waals surface area (Å²) in [6.45, 7) is 7.88. The predicted octanol–water partition coefficient (Wildman–Crippen LogP) is 1.70. The molecule has 0 spiro atoms. The number of benzene rings is 1. The smallest absolute Gasteiger partial charge is 0.317 e. The maximum absolute atomic E-state index is 12.2. The van der Waals surface area contributed by atoms with Crippen LogP contribution in [0.25, 0.3) is 0 Å². The van der Waals surface area contributed by atoms with E-state index in [-0.39, 0.29) is 6.03 Å². The molecule has 2 N–H and O–H groups in total. The van der Waals surface area contributed by atoms with Crippen LogP contribution in [0.4, 0.5) is 4.79 Å². The Morgan fingerprint density at radius 2 is 1.75 bits per heavy atom. The number of hydrogen-bond acceptors (Lipinski definition) is 4. The van der Waals surface area contributed by atoms with Gasteiger partial charge in [-0.25, -0.2) is 4.79 Å². The molecule has 0 bridgehead atoms. The molecule has 0 aliphatic carbocycles. The number of urea groups is 1. The second-order valence-electron chi connectivity index (χ2n) is 7.81. The number of amides is 2. The van der Waals surface area contributed by atoms with Crippen molar-refractivity contribution in [2.24, 2.45) is 5.92 Å². The quantitative estimate of drug-likeness (QED) is 0.696. The molecule has 1 unspecified atom stereocenters. The zero-order valence-corrected chi connectivity index (χ0v) is 16.6. The van der Waals surface area contributed by atoms with E-state index in [1.807, 2.05) is 0 Å². The van der Waals surface area contributed by atoms with Gasteiger partial charge in [-0.3, -0.25) is 9.69 Å². The van der Waals surface area contributed by atoms with Crippen LogP contribution in [0.2, 0.25) is 0 Å². The van der Waals surface area contributed by atoms with Gasteiger partial charge in [0.1, 0.15) is 0 Å². The van der Waals surface area contributed by atoms with Gasteiger partial charge in [0.25, 0.3) is 0 Å². The molecular weight excluding hydrogens is 356 g/mol. The fourth-order valence-electron chi connectivity index (χ4n) is 3.99. The van der Waals surface area contributed by atoms with Crippen molar-refractivity contribution >= 4 is 12.0 Å². The summed E-state index contributed by atoms with van der Waals surface area (Å²) >= 11 is 0. The second-order valence-corrected chi connectivity index (χ2v) is 7.81. The van der Waals surface area contributed by atoms with Crippen LogP contribution in [-0.4, -0.2) is 84.2 Å². The Labute approximate surface area is 167 Å². The summed E-state index contributed by atoms with van der Waals surface area (Å²) in [6.07, 6.45) is 2.34. The summed E-state index contributed by atoms with van der Waals surface area (Å²) in [5.74, 6) is -1.23. The van der Waals surface area contributed by atoms with E-state index >= 15 is 0 Å². The highest BCUT2D eigenvalue weighted by Crippen LogP contribution is 2.16. The second kappa shape index (κ2) is 10.4. The molecule has 2 aliphatic rings. The molecule has 0 aromatic heterocycles. The average Bonchev–Trinajstić information content (AvgIpc) is 2.73. The van der Waals surface area contributed by atoms with E-state index in [2.05, 4.69) is 45.4 Å². The van der Waals surface area contributed by atoms with Gasteiger partial charge in [0.15, 0.2) is 0 Å². The lowest BCUT2D eigenvalue weighted by atomic mass is 9.99. The minimum absolute atomic E-state index is 0.126. The number of carbonyl (C=O) groups excluding carboxylic acids is 1. The molecule has 2 heterocycles. The van der Waals surface area contributed by atoms with E-state index in [1.54, 1.807) is 4.90 Å². The van der Waals surface area contributed by atoms with Crippen molar-refractivity contribution < 1.29 is 14.7 Å². The number of carboxylic acid groups (broad SMARTS) is 1. The number of carbonyl (C=O) groups is 2. The van der Waals surface area contributed by atoms with Crippen LogP contribution in [0.15, 0.2) is 30.3 Å². The molecule has 0 saturated carbocycles. The Kier molecular flexibility index (Phi) is 7.68. The third kappa shape index (κ3) is 6.21. The van der Waals surface area contributed by atoms with Crippen LogP contribution in [0.1, 0.15) is 24.8 Å². The normalized spacial score (nSPS) is 21.4. The Bertz CT molecular complexity index is 632. The fourth-order valence-corrected chi connectivity index (χ4v) is 3.99. The van der Waals surface area contributed by atoms with Gasteiger partial charge in [-0.1, -0.05) is 30.3 Å². The van der Waals surface area contributed by atoms with E-state index in [0.717, 1.165) is 52.1 Å². The molecule has 1 aromatic rings. The number of piperidine rings is 1. The molecule has 2 amide bonds. The van der Waals surface area contributed by atoms with Crippen LogP contribution in [0, 0.1) is 5.92 Å². The van der Waals surface area contributed by atoms with E-state index in [0.29, 0.717) is 26.1 Å². The van der Waals surface area contributed by atoms with Crippen molar-refractivity contribution in [1.29, 1.82) is 0 Å². The van der Waals surface area contributed by atoms with E-state index in [1.165, 1.54) is 5.56 Å². The van der Waals surface area contributed by atoms with Crippen molar-refractivity contribution in [1.82, 2.24) is 20.0 Å². The van der Waals surface area contributed by atoms with Crippen LogP contribution in [-0.2, 0) is 11.3 Å². The van der Waals surface area contributed by atoms with Crippen LogP contribution in [0.5, 0.6) is 0 Å². The lowest BCUT2D eigenvalue weighted by Gasteiger charge is -2.35. The molecule has 2 saturated heterocycles. The average molecular weight is 389 g/mol. The first-order valence-electron chi connectivity index (χ1n) is 10.4. The van der Waals surface area contributed by atoms with Gasteiger partial charge in [0.2, 0.25) is 0 Å². The lowest BCUT2D eigenvalue weighted by molar-refractivity contribution is -0.143. The topological polar surface area (TPSA) is 76.1 Å². The number of aliphatic carboxylic acids is 1. The molecule has 7 heteroatoms. The number of likely N-dealkylation sites (tertiary alicyclic amines) is 1. The standard InChI is InChI=1S/C21H32N4O3/c26-20(27)19-8-4-11-25(17-19)21(28)22-9-5-10-23-12-14-24(15-13-23)16-18-6-2-1-3-7-18/h1-3,6-7,19H,4-5,8-17H2,(H,22,28)(H,26,27). The molecule has 154 valence electrons.